The van der Waals surface area contributed by atoms with E-state index in [4.69, 9.17) is 0 Å². The Morgan fingerprint density at radius 2 is 1.81 bits per heavy atom. The molecule has 2 N–H and O–H groups in total. The van der Waals surface area contributed by atoms with Gasteiger partial charge in [0.15, 0.2) is 0 Å². The molecule has 1 saturated heterocycles. The summed E-state index contributed by atoms with van der Waals surface area (Å²) in [7, 11) is 0. The molecule has 138 valence electrons. The van der Waals surface area contributed by atoms with E-state index in [0.29, 0.717) is 5.82 Å². The number of rotatable bonds is 3. The second kappa shape index (κ2) is 7.19. The minimum atomic E-state index is -0.223. The quantitative estimate of drug-likeness (QED) is 0.774. The minimum absolute atomic E-state index is 0.124. The Kier molecular flexibility index (Phi) is 4.58. The lowest BCUT2D eigenvalue weighted by molar-refractivity contribution is -0.345. The predicted octanol–water partition coefficient (Wildman–Crippen LogP) is 2.47. The summed E-state index contributed by atoms with van der Waals surface area (Å²) >= 11 is 0. The summed E-state index contributed by atoms with van der Waals surface area (Å²) in [6.07, 6.45) is 1.77. The van der Waals surface area contributed by atoms with Gasteiger partial charge < -0.3 is 4.90 Å². The van der Waals surface area contributed by atoms with E-state index in [-0.39, 0.29) is 11.7 Å². The first-order chi connectivity index (χ1) is 13.1. The Morgan fingerprint density at radius 3 is 2.52 bits per heavy atom. The number of hydrogen-bond acceptors (Lipinski definition) is 4. The first kappa shape index (κ1) is 17.2. The second-order valence-corrected chi connectivity index (χ2v) is 6.60. The van der Waals surface area contributed by atoms with Gasteiger partial charge in [-0.15, -0.1) is 0 Å². The average molecular weight is 366 g/mol. The summed E-state index contributed by atoms with van der Waals surface area (Å²) < 4.78 is 13.1. The molecule has 6 nitrogen and oxygen atoms in total. The van der Waals surface area contributed by atoms with Gasteiger partial charge in [-0.2, -0.15) is 0 Å². The van der Waals surface area contributed by atoms with Crippen LogP contribution in [-0.4, -0.2) is 37.1 Å². The third-order valence-electron chi connectivity index (χ3n) is 4.71. The molecule has 1 amide bonds. The number of pyridine rings is 2. The number of anilines is 3. The van der Waals surface area contributed by atoms with Crippen LogP contribution in [-0.2, 0) is 4.79 Å². The fraction of sp³-hybridized carbons (Fsp3) is 0.250. The topological polar surface area (TPSA) is 62.6 Å². The van der Waals surface area contributed by atoms with E-state index in [1.54, 1.807) is 6.20 Å². The molecule has 1 aromatic carbocycles. The van der Waals surface area contributed by atoms with Crippen LogP contribution in [0.3, 0.4) is 0 Å². The van der Waals surface area contributed by atoms with Gasteiger partial charge in [-0.3, -0.25) is 9.69 Å². The summed E-state index contributed by atoms with van der Waals surface area (Å²) in [4.78, 5) is 23.8. The molecule has 0 spiro atoms. The summed E-state index contributed by atoms with van der Waals surface area (Å²) in [5.41, 5.74) is 1.90. The fourth-order valence-electron chi connectivity index (χ4n) is 3.44. The van der Waals surface area contributed by atoms with Gasteiger partial charge in [-0.05, 0) is 30.3 Å². The summed E-state index contributed by atoms with van der Waals surface area (Å²) in [6, 6.07) is 12.4. The highest BCUT2D eigenvalue weighted by Crippen LogP contribution is 2.25. The highest BCUT2D eigenvalue weighted by molar-refractivity contribution is 5.92. The highest BCUT2D eigenvalue weighted by Gasteiger charge is 2.25. The molecular weight excluding hydrogens is 345 g/mol. The van der Waals surface area contributed by atoms with Crippen LogP contribution in [0.4, 0.5) is 21.7 Å². The first-order valence-corrected chi connectivity index (χ1v) is 8.94. The fourth-order valence-corrected chi connectivity index (χ4v) is 3.44. The molecule has 0 saturated carbocycles. The molecule has 3 aromatic rings. The number of aromatic nitrogens is 2. The van der Waals surface area contributed by atoms with Crippen LogP contribution < -0.4 is 20.1 Å². The number of carbonyl (C=O) groups excluding carboxylic acids is 1. The Hall–Kier alpha value is -3.22. The summed E-state index contributed by atoms with van der Waals surface area (Å²) in [5.74, 6) is 1.20. The summed E-state index contributed by atoms with van der Waals surface area (Å²) in [6.45, 7) is 4.71. The number of carbonyl (C=O) groups is 1. The van der Waals surface area contributed by atoms with Crippen molar-refractivity contribution in [2.24, 2.45) is 0 Å². The van der Waals surface area contributed by atoms with Crippen LogP contribution in [0.2, 0.25) is 0 Å². The third-order valence-corrected chi connectivity index (χ3v) is 4.71. The molecule has 27 heavy (non-hydrogen) atoms. The number of fused-ring (bicyclic) bond motifs is 1. The van der Waals surface area contributed by atoms with Crippen molar-refractivity contribution in [3.63, 3.8) is 0 Å². The lowest BCUT2D eigenvalue weighted by Gasteiger charge is -2.34. The van der Waals surface area contributed by atoms with Crippen molar-refractivity contribution in [2.75, 3.05) is 41.3 Å². The van der Waals surface area contributed by atoms with Gasteiger partial charge in [-0.1, -0.05) is 6.07 Å². The van der Waals surface area contributed by atoms with E-state index < -0.39 is 0 Å². The third kappa shape index (κ3) is 3.67. The first-order valence-electron chi connectivity index (χ1n) is 8.94. The number of piperazine rings is 1. The molecule has 0 aliphatic carbocycles. The smallest absolute Gasteiger partial charge is 0.277 e. The van der Waals surface area contributed by atoms with Gasteiger partial charge in [0.25, 0.3) is 5.91 Å². The van der Waals surface area contributed by atoms with Crippen LogP contribution in [0.25, 0.3) is 10.9 Å². The standard InChI is InChI=1S/C20H20FN5O/c1-14(27)23-18-13-15-3-2-8-22-19(15)20(24-18)26-11-9-25(10-12-26)17-6-4-16(21)5-7-17/h2-8,13H,9-12H2,1H3,(H,23,24,27)/p+1. The average Bonchev–Trinajstić information content (AvgIpc) is 2.68. The van der Waals surface area contributed by atoms with Crippen LogP contribution in [0, 0.1) is 5.82 Å². The Bertz CT molecular complexity index is 968. The molecule has 1 fully saturated rings. The number of halogens is 1. The largest absolute Gasteiger partial charge is 0.365 e. The lowest BCUT2D eigenvalue weighted by atomic mass is 10.2. The molecule has 1 aliphatic heterocycles. The number of aromatic amines is 1. The van der Waals surface area contributed by atoms with Crippen LogP contribution in [0.1, 0.15) is 6.92 Å². The second-order valence-electron chi connectivity index (χ2n) is 6.60. The minimum Gasteiger partial charge on any atom is -0.365 e. The number of H-pyrrole nitrogens is 1. The van der Waals surface area contributed by atoms with Gasteiger partial charge in [0.2, 0.25) is 11.6 Å². The Balaban J connectivity index is 1.59. The zero-order chi connectivity index (χ0) is 18.8. The van der Waals surface area contributed by atoms with Crippen molar-refractivity contribution < 1.29 is 14.2 Å². The van der Waals surface area contributed by atoms with Crippen LogP contribution >= 0.6 is 0 Å². The number of nitrogens with zero attached hydrogens (tertiary/aromatic N) is 3. The molecule has 0 radical (unpaired) electrons. The van der Waals surface area contributed by atoms with Crippen molar-refractivity contribution in [1.29, 1.82) is 0 Å². The van der Waals surface area contributed by atoms with E-state index in [1.165, 1.54) is 19.1 Å². The number of amides is 1. The maximum absolute atomic E-state index is 13.1. The van der Waals surface area contributed by atoms with Crippen molar-refractivity contribution >= 4 is 34.1 Å². The van der Waals surface area contributed by atoms with E-state index >= 15 is 0 Å². The monoisotopic (exact) mass is 366 g/mol. The molecule has 2 aromatic heterocycles. The van der Waals surface area contributed by atoms with E-state index in [0.717, 1.165) is 48.6 Å². The van der Waals surface area contributed by atoms with Gasteiger partial charge in [-0.25, -0.2) is 19.7 Å². The molecule has 0 bridgehead atoms. The van der Waals surface area contributed by atoms with Crippen LogP contribution in [0.15, 0.2) is 48.7 Å². The lowest BCUT2D eigenvalue weighted by Crippen LogP contribution is -2.48. The zero-order valence-corrected chi connectivity index (χ0v) is 15.1. The normalized spacial score (nSPS) is 14.4. The zero-order valence-electron chi connectivity index (χ0n) is 15.1. The molecule has 3 heterocycles. The van der Waals surface area contributed by atoms with E-state index in [9.17, 15) is 9.18 Å². The van der Waals surface area contributed by atoms with Gasteiger partial charge in [0.05, 0.1) is 13.1 Å². The molecule has 0 atom stereocenters. The molecule has 4 rings (SSSR count). The van der Waals surface area contributed by atoms with E-state index in [1.807, 2.05) is 30.3 Å². The van der Waals surface area contributed by atoms with Crippen LogP contribution in [0.5, 0.6) is 0 Å². The molecule has 7 heteroatoms. The van der Waals surface area contributed by atoms with Crippen molar-refractivity contribution in [3.8, 4) is 0 Å². The summed E-state index contributed by atoms with van der Waals surface area (Å²) in [5, 5.41) is 3.79. The van der Waals surface area contributed by atoms with Crippen molar-refractivity contribution in [1.82, 2.24) is 4.98 Å². The molecular formula is C20H21FN5O+. The SMILES string of the molecule is CC(=O)Nc1cc2cccnc2c(N2CCN(c3ccc(F)cc3)CC2)[nH+]1. The van der Waals surface area contributed by atoms with Gasteiger partial charge >= 0.3 is 0 Å². The van der Waals surface area contributed by atoms with Gasteiger partial charge in [0.1, 0.15) is 11.3 Å². The maximum Gasteiger partial charge on any atom is 0.277 e. The number of benzene rings is 1. The molecule has 0 unspecified atom stereocenters. The van der Waals surface area contributed by atoms with Crippen molar-refractivity contribution in [2.45, 2.75) is 6.92 Å². The number of nitrogens with one attached hydrogen (secondary N) is 2. The Labute approximate surface area is 156 Å². The molecule has 1 aliphatic rings. The highest BCUT2D eigenvalue weighted by atomic mass is 19.1. The van der Waals surface area contributed by atoms with E-state index in [2.05, 4.69) is 25.1 Å². The maximum atomic E-state index is 13.1. The van der Waals surface area contributed by atoms with Gasteiger partial charge in [0, 0.05) is 43.4 Å². The van der Waals surface area contributed by atoms with Crippen molar-refractivity contribution in [3.05, 3.63) is 54.5 Å². The Morgan fingerprint density at radius 1 is 1.11 bits per heavy atom. The predicted molar refractivity (Wildman–Crippen MR) is 103 cm³/mol. The number of hydrogen-bond donors (Lipinski definition) is 1.